The van der Waals surface area contributed by atoms with Gasteiger partial charge in [-0.15, -0.1) is 0 Å². The lowest BCUT2D eigenvalue weighted by Crippen LogP contribution is -2.41. The second kappa shape index (κ2) is 9.11. The van der Waals surface area contributed by atoms with Crippen molar-refractivity contribution in [2.45, 2.75) is 19.0 Å². The minimum atomic E-state index is -0.675. The van der Waals surface area contributed by atoms with E-state index >= 15 is 0 Å². The first-order chi connectivity index (χ1) is 15.4. The number of carbonyl (C=O) groups is 1. The van der Waals surface area contributed by atoms with Crippen LogP contribution in [-0.2, 0) is 6.54 Å². The highest BCUT2D eigenvalue weighted by Gasteiger charge is 2.32. The third-order valence-electron chi connectivity index (χ3n) is 5.44. The van der Waals surface area contributed by atoms with Crippen molar-refractivity contribution < 1.29 is 13.6 Å². The zero-order valence-electron chi connectivity index (χ0n) is 17.1. The quantitative estimate of drug-likeness (QED) is 0.613. The van der Waals surface area contributed by atoms with E-state index in [1.54, 1.807) is 4.68 Å². The molecule has 1 amide bonds. The highest BCUT2D eigenvalue weighted by atomic mass is 19.1. The van der Waals surface area contributed by atoms with E-state index in [2.05, 4.69) is 26.4 Å². The van der Waals surface area contributed by atoms with Crippen molar-refractivity contribution in [2.75, 3.05) is 18.4 Å². The molecule has 3 heterocycles. The number of nitrogens with zero attached hydrogens (tertiary/aromatic N) is 5. The SMILES string of the molecule is N#C[C@@H]1CCN(Cc2cc(F)ccn2)CC1n1cc(C(N)=O)c(Nc2ccc(F)cc2)n1. The van der Waals surface area contributed by atoms with Crippen LogP contribution in [0.2, 0.25) is 0 Å². The number of nitrogens with two attached hydrogens (primary N) is 1. The first-order valence-electron chi connectivity index (χ1n) is 10.1. The second-order valence-electron chi connectivity index (χ2n) is 7.66. The van der Waals surface area contributed by atoms with Gasteiger partial charge in [-0.25, -0.2) is 8.78 Å². The largest absolute Gasteiger partial charge is 0.365 e. The molecule has 1 saturated heterocycles. The van der Waals surface area contributed by atoms with Gasteiger partial charge in [0.25, 0.3) is 5.91 Å². The molecular weight excluding hydrogens is 416 g/mol. The van der Waals surface area contributed by atoms with E-state index in [0.29, 0.717) is 37.4 Å². The molecule has 1 unspecified atom stereocenters. The van der Waals surface area contributed by atoms with Gasteiger partial charge in [0.05, 0.1) is 23.7 Å². The molecule has 164 valence electrons. The minimum absolute atomic E-state index is 0.162. The summed E-state index contributed by atoms with van der Waals surface area (Å²) in [5, 5.41) is 17.1. The number of halogens is 2. The van der Waals surface area contributed by atoms with Crippen LogP contribution in [0, 0.1) is 28.9 Å². The number of benzene rings is 1. The first kappa shape index (κ1) is 21.4. The van der Waals surface area contributed by atoms with Crippen LogP contribution in [0.15, 0.2) is 48.8 Å². The van der Waals surface area contributed by atoms with E-state index in [1.807, 2.05) is 0 Å². The van der Waals surface area contributed by atoms with Gasteiger partial charge in [-0.2, -0.15) is 10.4 Å². The summed E-state index contributed by atoms with van der Waals surface area (Å²) in [5.41, 5.74) is 6.83. The summed E-state index contributed by atoms with van der Waals surface area (Å²) in [5.74, 6) is -1.52. The average Bonchev–Trinajstić information content (AvgIpc) is 3.19. The van der Waals surface area contributed by atoms with E-state index < -0.39 is 5.91 Å². The van der Waals surface area contributed by atoms with Gasteiger partial charge in [-0.3, -0.25) is 19.4 Å². The fraction of sp³-hybridized carbons (Fsp3) is 0.273. The van der Waals surface area contributed by atoms with Crippen LogP contribution in [0.4, 0.5) is 20.3 Å². The Morgan fingerprint density at radius 1 is 1.25 bits per heavy atom. The summed E-state index contributed by atoms with van der Waals surface area (Å²) >= 11 is 0. The number of rotatable bonds is 6. The molecule has 10 heteroatoms. The molecule has 0 saturated carbocycles. The van der Waals surface area contributed by atoms with Gasteiger partial charge in [-0.05, 0) is 49.4 Å². The molecule has 0 bridgehead atoms. The molecule has 1 fully saturated rings. The van der Waals surface area contributed by atoms with Gasteiger partial charge in [0.2, 0.25) is 0 Å². The zero-order valence-corrected chi connectivity index (χ0v) is 17.1. The monoisotopic (exact) mass is 437 g/mol. The van der Waals surface area contributed by atoms with Gasteiger partial charge in [0, 0.05) is 31.2 Å². The van der Waals surface area contributed by atoms with Crippen molar-refractivity contribution in [3.8, 4) is 6.07 Å². The summed E-state index contributed by atoms with van der Waals surface area (Å²) in [7, 11) is 0. The van der Waals surface area contributed by atoms with E-state index in [-0.39, 0.29) is 35.0 Å². The predicted molar refractivity (Wildman–Crippen MR) is 113 cm³/mol. The second-order valence-corrected chi connectivity index (χ2v) is 7.66. The van der Waals surface area contributed by atoms with E-state index in [1.165, 1.54) is 48.8 Å². The topological polar surface area (TPSA) is 113 Å². The van der Waals surface area contributed by atoms with Crippen LogP contribution < -0.4 is 11.1 Å². The Labute approximate surface area is 183 Å². The van der Waals surface area contributed by atoms with Crippen molar-refractivity contribution in [1.29, 1.82) is 5.26 Å². The van der Waals surface area contributed by atoms with Crippen LogP contribution in [-0.4, -0.2) is 38.7 Å². The molecule has 2 aromatic heterocycles. The molecule has 1 aliphatic heterocycles. The molecule has 0 aliphatic carbocycles. The van der Waals surface area contributed by atoms with Crippen LogP contribution in [0.25, 0.3) is 0 Å². The lowest BCUT2D eigenvalue weighted by molar-refractivity contribution is 0.1000. The number of likely N-dealkylation sites (tertiary alicyclic amines) is 1. The van der Waals surface area contributed by atoms with Crippen LogP contribution in [0.1, 0.15) is 28.5 Å². The number of nitriles is 1. The molecule has 1 aliphatic rings. The average molecular weight is 437 g/mol. The third kappa shape index (κ3) is 4.73. The summed E-state index contributed by atoms with van der Waals surface area (Å²) in [4.78, 5) is 18.3. The predicted octanol–water partition coefficient (Wildman–Crippen LogP) is 2.99. The number of amides is 1. The number of piperidine rings is 1. The fourth-order valence-electron chi connectivity index (χ4n) is 3.83. The summed E-state index contributed by atoms with van der Waals surface area (Å²) < 4.78 is 28.3. The number of anilines is 2. The van der Waals surface area contributed by atoms with Crippen molar-refractivity contribution in [3.63, 3.8) is 0 Å². The summed E-state index contributed by atoms with van der Waals surface area (Å²) in [6.45, 7) is 1.54. The highest BCUT2D eigenvalue weighted by Crippen LogP contribution is 2.30. The van der Waals surface area contributed by atoms with Crippen molar-refractivity contribution in [1.82, 2.24) is 19.7 Å². The number of hydrogen-bond donors (Lipinski definition) is 2. The molecule has 0 spiro atoms. The lowest BCUT2D eigenvalue weighted by Gasteiger charge is -2.35. The van der Waals surface area contributed by atoms with E-state index in [4.69, 9.17) is 5.73 Å². The summed E-state index contributed by atoms with van der Waals surface area (Å²) in [6, 6.07) is 10.3. The smallest absolute Gasteiger partial charge is 0.254 e. The van der Waals surface area contributed by atoms with E-state index in [0.717, 1.165) is 0 Å². The minimum Gasteiger partial charge on any atom is -0.365 e. The molecule has 32 heavy (non-hydrogen) atoms. The standard InChI is InChI=1S/C22H21F2N7O/c23-15-1-3-17(4-2-15)28-22-19(21(26)32)12-31(29-22)20-13-30(8-6-14(20)10-25)11-18-9-16(24)5-7-27-18/h1-5,7,9,12,14,20H,6,8,11,13H2,(H2,26,32)(H,28,29)/t14-,20?/m0/s1. The Bertz CT molecular complexity index is 1160. The molecule has 1 aromatic carbocycles. The van der Waals surface area contributed by atoms with Gasteiger partial charge in [0.15, 0.2) is 5.82 Å². The number of hydrogen-bond acceptors (Lipinski definition) is 6. The molecule has 3 N–H and O–H groups in total. The fourth-order valence-corrected chi connectivity index (χ4v) is 3.83. The number of primary amides is 1. The third-order valence-corrected chi connectivity index (χ3v) is 5.44. The maximum Gasteiger partial charge on any atom is 0.254 e. The van der Waals surface area contributed by atoms with Gasteiger partial charge in [-0.1, -0.05) is 0 Å². The van der Waals surface area contributed by atoms with Gasteiger partial charge >= 0.3 is 0 Å². The Balaban J connectivity index is 1.58. The number of carbonyl (C=O) groups excluding carboxylic acids is 1. The van der Waals surface area contributed by atoms with Crippen LogP contribution >= 0.6 is 0 Å². The highest BCUT2D eigenvalue weighted by molar-refractivity contribution is 5.98. The van der Waals surface area contributed by atoms with Crippen molar-refractivity contribution in [2.24, 2.45) is 11.7 Å². The molecule has 4 rings (SSSR count). The Morgan fingerprint density at radius 3 is 2.72 bits per heavy atom. The molecule has 8 nitrogen and oxygen atoms in total. The van der Waals surface area contributed by atoms with E-state index in [9.17, 15) is 18.8 Å². The van der Waals surface area contributed by atoms with Crippen LogP contribution in [0.5, 0.6) is 0 Å². The van der Waals surface area contributed by atoms with Gasteiger partial charge in [0.1, 0.15) is 17.2 Å². The summed E-state index contributed by atoms with van der Waals surface area (Å²) in [6.07, 6.45) is 3.53. The zero-order chi connectivity index (χ0) is 22.7. The van der Waals surface area contributed by atoms with Crippen molar-refractivity contribution >= 4 is 17.4 Å². The number of nitrogens with one attached hydrogen (secondary N) is 1. The van der Waals surface area contributed by atoms with Crippen LogP contribution in [0.3, 0.4) is 0 Å². The maximum absolute atomic E-state index is 13.5. The first-order valence-corrected chi connectivity index (χ1v) is 10.1. The Kier molecular flexibility index (Phi) is 6.09. The normalized spacial score (nSPS) is 18.8. The lowest BCUT2D eigenvalue weighted by atomic mass is 9.93. The molecule has 3 aromatic rings. The van der Waals surface area contributed by atoms with Gasteiger partial charge < -0.3 is 11.1 Å². The molecular formula is C22H21F2N7O. The molecule has 2 atom stereocenters. The Morgan fingerprint density at radius 2 is 2.03 bits per heavy atom. The Hall–Kier alpha value is -3.84. The number of aromatic nitrogens is 3. The van der Waals surface area contributed by atoms with Crippen molar-refractivity contribution in [3.05, 3.63) is 71.7 Å². The molecule has 0 radical (unpaired) electrons. The number of pyridine rings is 1. The maximum atomic E-state index is 13.5.